The average Bonchev–Trinajstić information content (AvgIpc) is 2.75. The Balaban J connectivity index is 2.01. The number of hydrogen-bond acceptors (Lipinski definition) is 3. The van der Waals surface area contributed by atoms with E-state index in [1.807, 2.05) is 16.8 Å². The zero-order valence-corrected chi connectivity index (χ0v) is 10.7. The first kappa shape index (κ1) is 13.2. The van der Waals surface area contributed by atoms with Gasteiger partial charge in [0.05, 0.1) is 0 Å². The SMILES string of the molecule is CC(C)COCCCNC(=O)c1ccsc1. The van der Waals surface area contributed by atoms with Gasteiger partial charge in [0.1, 0.15) is 0 Å². The number of rotatable bonds is 7. The van der Waals surface area contributed by atoms with E-state index in [1.165, 1.54) is 11.3 Å². The van der Waals surface area contributed by atoms with Crippen molar-refractivity contribution in [1.82, 2.24) is 5.32 Å². The number of amides is 1. The maximum atomic E-state index is 11.5. The minimum atomic E-state index is 0.00473. The Morgan fingerprint density at radius 3 is 3.00 bits per heavy atom. The summed E-state index contributed by atoms with van der Waals surface area (Å²) in [7, 11) is 0. The van der Waals surface area contributed by atoms with Crippen molar-refractivity contribution in [3.05, 3.63) is 22.4 Å². The summed E-state index contributed by atoms with van der Waals surface area (Å²) in [4.78, 5) is 11.5. The maximum Gasteiger partial charge on any atom is 0.252 e. The molecular formula is C12H19NO2S. The standard InChI is InChI=1S/C12H19NO2S/c1-10(2)8-15-6-3-5-13-12(14)11-4-7-16-9-11/h4,7,9-10H,3,5-6,8H2,1-2H3,(H,13,14). The van der Waals surface area contributed by atoms with Crippen LogP contribution in [0.25, 0.3) is 0 Å². The zero-order chi connectivity index (χ0) is 11.8. The molecule has 0 saturated heterocycles. The summed E-state index contributed by atoms with van der Waals surface area (Å²) in [5.74, 6) is 0.575. The summed E-state index contributed by atoms with van der Waals surface area (Å²) in [6, 6.07) is 1.83. The topological polar surface area (TPSA) is 38.3 Å². The molecule has 0 aliphatic rings. The van der Waals surface area contributed by atoms with Gasteiger partial charge < -0.3 is 10.1 Å². The average molecular weight is 241 g/mol. The van der Waals surface area contributed by atoms with E-state index in [4.69, 9.17) is 4.74 Å². The van der Waals surface area contributed by atoms with Crippen molar-refractivity contribution in [2.75, 3.05) is 19.8 Å². The highest BCUT2D eigenvalue weighted by molar-refractivity contribution is 7.08. The molecular weight excluding hydrogens is 222 g/mol. The first-order chi connectivity index (χ1) is 7.70. The van der Waals surface area contributed by atoms with Gasteiger partial charge in [-0.15, -0.1) is 0 Å². The van der Waals surface area contributed by atoms with Gasteiger partial charge in [-0.2, -0.15) is 11.3 Å². The van der Waals surface area contributed by atoms with Gasteiger partial charge in [0.2, 0.25) is 0 Å². The van der Waals surface area contributed by atoms with Gasteiger partial charge in [0.15, 0.2) is 0 Å². The Kier molecular flexibility index (Phi) is 6.11. The molecule has 1 N–H and O–H groups in total. The van der Waals surface area contributed by atoms with Crippen molar-refractivity contribution >= 4 is 17.2 Å². The molecule has 0 aromatic carbocycles. The molecule has 0 saturated carbocycles. The van der Waals surface area contributed by atoms with E-state index < -0.39 is 0 Å². The third kappa shape index (κ3) is 5.28. The van der Waals surface area contributed by atoms with Crippen LogP contribution < -0.4 is 5.32 Å². The lowest BCUT2D eigenvalue weighted by Crippen LogP contribution is -2.24. The molecule has 0 unspecified atom stereocenters. The monoisotopic (exact) mass is 241 g/mol. The fourth-order valence-corrected chi connectivity index (χ4v) is 1.83. The number of thiophene rings is 1. The summed E-state index contributed by atoms with van der Waals surface area (Å²) >= 11 is 1.53. The fourth-order valence-electron chi connectivity index (χ4n) is 1.19. The van der Waals surface area contributed by atoms with Crippen molar-refractivity contribution in [3.8, 4) is 0 Å². The lowest BCUT2D eigenvalue weighted by Gasteiger charge is -2.07. The van der Waals surface area contributed by atoms with E-state index in [9.17, 15) is 4.79 Å². The molecule has 0 bridgehead atoms. The summed E-state index contributed by atoms with van der Waals surface area (Å²) in [5.41, 5.74) is 0.744. The minimum absolute atomic E-state index is 0.00473. The molecule has 4 heteroatoms. The van der Waals surface area contributed by atoms with E-state index in [0.29, 0.717) is 19.1 Å². The van der Waals surface area contributed by atoms with Gasteiger partial charge in [-0.3, -0.25) is 4.79 Å². The molecule has 90 valence electrons. The van der Waals surface area contributed by atoms with Crippen LogP contribution in [0.15, 0.2) is 16.8 Å². The largest absolute Gasteiger partial charge is 0.381 e. The van der Waals surface area contributed by atoms with Gasteiger partial charge in [0, 0.05) is 30.7 Å². The highest BCUT2D eigenvalue weighted by atomic mass is 32.1. The first-order valence-corrected chi connectivity index (χ1v) is 6.52. The van der Waals surface area contributed by atoms with Crippen LogP contribution in [-0.2, 0) is 4.74 Å². The van der Waals surface area contributed by atoms with Crippen molar-refractivity contribution in [2.24, 2.45) is 5.92 Å². The lowest BCUT2D eigenvalue weighted by molar-refractivity contribution is 0.0925. The van der Waals surface area contributed by atoms with Gasteiger partial charge >= 0.3 is 0 Å². The Morgan fingerprint density at radius 2 is 2.38 bits per heavy atom. The molecule has 0 aliphatic carbocycles. The molecule has 0 radical (unpaired) electrons. The van der Waals surface area contributed by atoms with E-state index >= 15 is 0 Å². The molecule has 0 spiro atoms. The molecule has 1 aromatic rings. The Hall–Kier alpha value is -0.870. The predicted molar refractivity (Wildman–Crippen MR) is 66.9 cm³/mol. The van der Waals surface area contributed by atoms with Crippen LogP contribution in [0, 0.1) is 5.92 Å². The van der Waals surface area contributed by atoms with Crippen LogP contribution in [0.4, 0.5) is 0 Å². The van der Waals surface area contributed by atoms with Crippen LogP contribution in [0.5, 0.6) is 0 Å². The highest BCUT2D eigenvalue weighted by Crippen LogP contribution is 2.05. The van der Waals surface area contributed by atoms with Crippen molar-refractivity contribution < 1.29 is 9.53 Å². The zero-order valence-electron chi connectivity index (χ0n) is 9.86. The van der Waals surface area contributed by atoms with Gasteiger partial charge in [-0.25, -0.2) is 0 Å². The van der Waals surface area contributed by atoms with Gasteiger partial charge in [-0.1, -0.05) is 13.8 Å². The maximum absolute atomic E-state index is 11.5. The molecule has 0 aliphatic heterocycles. The highest BCUT2D eigenvalue weighted by Gasteiger charge is 2.03. The summed E-state index contributed by atoms with van der Waals surface area (Å²) in [5, 5.41) is 6.62. The Bertz CT molecular complexity index is 296. The van der Waals surface area contributed by atoms with Crippen LogP contribution in [0.2, 0.25) is 0 Å². The molecule has 1 amide bonds. The number of carbonyl (C=O) groups excluding carboxylic acids is 1. The van der Waals surface area contributed by atoms with Gasteiger partial charge in [-0.05, 0) is 23.8 Å². The molecule has 0 fully saturated rings. The third-order valence-electron chi connectivity index (χ3n) is 1.99. The minimum Gasteiger partial charge on any atom is -0.381 e. The van der Waals surface area contributed by atoms with Crippen LogP contribution in [-0.4, -0.2) is 25.7 Å². The Labute approximate surface area is 101 Å². The second kappa shape index (κ2) is 7.41. The molecule has 0 atom stereocenters. The predicted octanol–water partition coefficient (Wildman–Crippen LogP) is 2.54. The lowest BCUT2D eigenvalue weighted by atomic mass is 10.2. The van der Waals surface area contributed by atoms with Gasteiger partial charge in [0.25, 0.3) is 5.91 Å². The summed E-state index contributed by atoms with van der Waals surface area (Å²) in [6.07, 6.45) is 0.864. The third-order valence-corrected chi connectivity index (χ3v) is 2.67. The summed E-state index contributed by atoms with van der Waals surface area (Å²) < 4.78 is 5.42. The summed E-state index contributed by atoms with van der Waals surface area (Å²) in [6.45, 7) is 6.42. The van der Waals surface area contributed by atoms with E-state index in [0.717, 1.165) is 18.6 Å². The quantitative estimate of drug-likeness (QED) is 0.745. The fraction of sp³-hybridized carbons (Fsp3) is 0.583. The smallest absolute Gasteiger partial charge is 0.252 e. The van der Waals surface area contributed by atoms with E-state index in [-0.39, 0.29) is 5.91 Å². The number of nitrogens with one attached hydrogen (secondary N) is 1. The second-order valence-corrected chi connectivity index (χ2v) is 4.87. The first-order valence-electron chi connectivity index (χ1n) is 5.58. The van der Waals surface area contributed by atoms with E-state index in [2.05, 4.69) is 19.2 Å². The van der Waals surface area contributed by atoms with Crippen molar-refractivity contribution in [3.63, 3.8) is 0 Å². The van der Waals surface area contributed by atoms with E-state index in [1.54, 1.807) is 0 Å². The van der Waals surface area contributed by atoms with Crippen molar-refractivity contribution in [2.45, 2.75) is 20.3 Å². The number of ether oxygens (including phenoxy) is 1. The number of hydrogen-bond donors (Lipinski definition) is 1. The van der Waals surface area contributed by atoms with Crippen LogP contribution in [0.3, 0.4) is 0 Å². The molecule has 1 heterocycles. The molecule has 16 heavy (non-hydrogen) atoms. The Morgan fingerprint density at radius 1 is 1.56 bits per heavy atom. The van der Waals surface area contributed by atoms with Crippen molar-refractivity contribution in [1.29, 1.82) is 0 Å². The number of carbonyl (C=O) groups is 1. The molecule has 1 aromatic heterocycles. The second-order valence-electron chi connectivity index (χ2n) is 4.09. The molecule has 1 rings (SSSR count). The van der Waals surface area contributed by atoms with Crippen LogP contribution >= 0.6 is 11.3 Å². The van der Waals surface area contributed by atoms with Crippen LogP contribution in [0.1, 0.15) is 30.6 Å². The normalized spacial score (nSPS) is 10.7. The molecule has 3 nitrogen and oxygen atoms in total.